The number of hydrogen-bond donors (Lipinski definition) is 2. The fraction of sp³-hybridized carbons (Fsp3) is 1.00. The molecule has 1 rings (SSSR count). The molecule has 1 fully saturated rings. The van der Waals surface area contributed by atoms with Crippen LogP contribution in [0.15, 0.2) is 0 Å². The van der Waals surface area contributed by atoms with E-state index in [4.69, 9.17) is 0 Å². The van der Waals surface area contributed by atoms with Crippen LogP contribution >= 0.6 is 0 Å². The van der Waals surface area contributed by atoms with Gasteiger partial charge in [0.05, 0.1) is 5.25 Å². The van der Waals surface area contributed by atoms with E-state index in [1.807, 2.05) is 0 Å². The molecule has 1 aliphatic rings. The Labute approximate surface area is 110 Å². The maximum absolute atomic E-state index is 12.5. The van der Waals surface area contributed by atoms with E-state index < -0.39 is 33.6 Å². The number of β-amino-alcohol motifs (C(OH)–C–C–N with tert-alkyl or cyclic N) is 1. The standard InChI is InChI=1S/C10H19F3N2O3S/c1-3-14-19(17,18)8-4-5-15(6-8)7-9(2,16)10(11,12)13/h8,14,16H,3-7H2,1-2H3. The molecule has 2 unspecified atom stereocenters. The van der Waals surface area contributed by atoms with Gasteiger partial charge in [0.2, 0.25) is 10.0 Å². The minimum atomic E-state index is -4.73. The number of likely N-dealkylation sites (tertiary alicyclic amines) is 1. The third-order valence-corrected chi connectivity index (χ3v) is 5.11. The van der Waals surface area contributed by atoms with Crippen molar-refractivity contribution in [3.8, 4) is 0 Å². The van der Waals surface area contributed by atoms with Crippen molar-refractivity contribution in [3.05, 3.63) is 0 Å². The Morgan fingerprint density at radius 1 is 1.42 bits per heavy atom. The second-order valence-corrected chi connectivity index (χ2v) is 7.01. The zero-order valence-corrected chi connectivity index (χ0v) is 11.7. The van der Waals surface area contributed by atoms with E-state index in [-0.39, 0.29) is 26.1 Å². The molecule has 0 amide bonds. The summed E-state index contributed by atoms with van der Waals surface area (Å²) in [7, 11) is -3.49. The first-order valence-electron chi connectivity index (χ1n) is 5.99. The van der Waals surface area contributed by atoms with Gasteiger partial charge in [0.15, 0.2) is 5.60 Å². The summed E-state index contributed by atoms with van der Waals surface area (Å²) in [5, 5.41) is 8.65. The monoisotopic (exact) mass is 304 g/mol. The summed E-state index contributed by atoms with van der Waals surface area (Å²) in [6.07, 6.45) is -4.46. The maximum Gasteiger partial charge on any atom is 0.418 e. The molecule has 1 heterocycles. The van der Waals surface area contributed by atoms with Gasteiger partial charge in [-0.3, -0.25) is 4.90 Å². The van der Waals surface area contributed by atoms with Gasteiger partial charge < -0.3 is 5.11 Å². The molecular weight excluding hydrogens is 285 g/mol. The summed E-state index contributed by atoms with van der Waals surface area (Å²) in [5.74, 6) is 0. The van der Waals surface area contributed by atoms with Gasteiger partial charge >= 0.3 is 6.18 Å². The summed E-state index contributed by atoms with van der Waals surface area (Å²) in [5.41, 5.74) is -2.83. The van der Waals surface area contributed by atoms with Crippen LogP contribution in [-0.4, -0.2) is 61.6 Å². The van der Waals surface area contributed by atoms with Crippen molar-refractivity contribution >= 4 is 10.0 Å². The molecule has 5 nitrogen and oxygen atoms in total. The second kappa shape index (κ2) is 5.55. The van der Waals surface area contributed by atoms with Crippen molar-refractivity contribution in [2.24, 2.45) is 0 Å². The highest BCUT2D eigenvalue weighted by Crippen LogP contribution is 2.31. The average molecular weight is 304 g/mol. The molecule has 0 aliphatic carbocycles. The minimum Gasteiger partial charge on any atom is -0.380 e. The van der Waals surface area contributed by atoms with Crippen LogP contribution in [0.3, 0.4) is 0 Å². The Bertz CT molecular complexity index is 409. The van der Waals surface area contributed by atoms with E-state index in [1.165, 1.54) is 4.90 Å². The third kappa shape index (κ3) is 4.04. The normalized spacial score (nSPS) is 25.5. The number of nitrogens with zero attached hydrogens (tertiary/aromatic N) is 1. The van der Waals surface area contributed by atoms with Gasteiger partial charge in [-0.05, 0) is 19.9 Å². The number of sulfonamides is 1. The van der Waals surface area contributed by atoms with Crippen LogP contribution in [0.4, 0.5) is 13.2 Å². The zero-order chi connectivity index (χ0) is 14.9. The molecule has 114 valence electrons. The van der Waals surface area contributed by atoms with Gasteiger partial charge in [0, 0.05) is 19.6 Å². The van der Waals surface area contributed by atoms with E-state index in [2.05, 4.69) is 4.72 Å². The first-order chi connectivity index (χ1) is 8.49. The predicted molar refractivity (Wildman–Crippen MR) is 64.1 cm³/mol. The molecule has 0 bridgehead atoms. The Balaban J connectivity index is 2.63. The molecule has 19 heavy (non-hydrogen) atoms. The molecular formula is C10H19F3N2O3S. The highest BCUT2D eigenvalue weighted by Gasteiger charge is 2.51. The lowest BCUT2D eigenvalue weighted by Gasteiger charge is -2.30. The van der Waals surface area contributed by atoms with Gasteiger partial charge in [0.1, 0.15) is 0 Å². The van der Waals surface area contributed by atoms with E-state index in [9.17, 15) is 26.7 Å². The van der Waals surface area contributed by atoms with Crippen LogP contribution in [-0.2, 0) is 10.0 Å². The Morgan fingerprint density at radius 2 is 2.00 bits per heavy atom. The third-order valence-electron chi connectivity index (χ3n) is 3.16. The predicted octanol–water partition coefficient (Wildman–Crippen LogP) is 0.313. The Hall–Kier alpha value is -0.380. The van der Waals surface area contributed by atoms with Crippen molar-refractivity contribution in [2.45, 2.75) is 37.3 Å². The smallest absolute Gasteiger partial charge is 0.380 e. The van der Waals surface area contributed by atoms with E-state index in [1.54, 1.807) is 6.92 Å². The summed E-state index contributed by atoms with van der Waals surface area (Å²) in [4.78, 5) is 1.33. The summed E-state index contributed by atoms with van der Waals surface area (Å²) in [6, 6.07) is 0. The van der Waals surface area contributed by atoms with Gasteiger partial charge in [-0.1, -0.05) is 6.92 Å². The lowest BCUT2D eigenvalue weighted by molar-refractivity contribution is -0.256. The lowest BCUT2D eigenvalue weighted by atomic mass is 10.1. The number of alkyl halides is 3. The molecule has 2 N–H and O–H groups in total. The van der Waals surface area contributed by atoms with E-state index in [0.717, 1.165) is 0 Å². The highest BCUT2D eigenvalue weighted by molar-refractivity contribution is 7.90. The van der Waals surface area contributed by atoms with E-state index >= 15 is 0 Å². The Morgan fingerprint density at radius 3 is 2.47 bits per heavy atom. The van der Waals surface area contributed by atoms with Crippen LogP contribution in [0.2, 0.25) is 0 Å². The van der Waals surface area contributed by atoms with Crippen molar-refractivity contribution in [1.82, 2.24) is 9.62 Å². The fourth-order valence-corrected chi connectivity index (χ4v) is 3.50. The number of halogens is 3. The number of hydrogen-bond acceptors (Lipinski definition) is 4. The first kappa shape index (κ1) is 16.7. The lowest BCUT2D eigenvalue weighted by Crippen LogP contribution is -2.51. The molecule has 0 aromatic carbocycles. The summed E-state index contributed by atoms with van der Waals surface area (Å²) < 4.78 is 63.4. The van der Waals surface area contributed by atoms with Gasteiger partial charge in [-0.2, -0.15) is 13.2 Å². The second-order valence-electron chi connectivity index (χ2n) is 4.96. The van der Waals surface area contributed by atoms with Gasteiger partial charge in [0.25, 0.3) is 0 Å². The molecule has 0 aromatic rings. The number of aliphatic hydroxyl groups is 1. The molecule has 0 saturated carbocycles. The summed E-state index contributed by atoms with van der Waals surface area (Å²) >= 11 is 0. The number of rotatable bonds is 5. The van der Waals surface area contributed by atoms with Crippen molar-refractivity contribution in [1.29, 1.82) is 0 Å². The van der Waals surface area contributed by atoms with Crippen LogP contribution in [0, 0.1) is 0 Å². The number of nitrogens with one attached hydrogen (secondary N) is 1. The molecule has 0 spiro atoms. The van der Waals surface area contributed by atoms with Crippen molar-refractivity contribution < 1.29 is 26.7 Å². The molecule has 2 atom stereocenters. The molecule has 0 radical (unpaired) electrons. The van der Waals surface area contributed by atoms with Crippen LogP contribution in [0.1, 0.15) is 20.3 Å². The Kier molecular flexibility index (Phi) is 4.87. The molecule has 1 saturated heterocycles. The van der Waals surface area contributed by atoms with Crippen molar-refractivity contribution in [3.63, 3.8) is 0 Å². The quantitative estimate of drug-likeness (QED) is 0.767. The van der Waals surface area contributed by atoms with Crippen LogP contribution < -0.4 is 4.72 Å². The summed E-state index contributed by atoms with van der Waals surface area (Å²) in [6.45, 7) is 2.19. The highest BCUT2D eigenvalue weighted by atomic mass is 32.2. The van der Waals surface area contributed by atoms with Gasteiger partial charge in [-0.25, -0.2) is 13.1 Å². The zero-order valence-electron chi connectivity index (χ0n) is 10.9. The average Bonchev–Trinajstić information content (AvgIpc) is 2.64. The topological polar surface area (TPSA) is 69.6 Å². The van der Waals surface area contributed by atoms with E-state index in [0.29, 0.717) is 6.92 Å². The van der Waals surface area contributed by atoms with Crippen LogP contribution in [0.5, 0.6) is 0 Å². The minimum absolute atomic E-state index is 0.00155. The molecule has 9 heteroatoms. The SMILES string of the molecule is CCNS(=O)(=O)C1CCN(CC(C)(O)C(F)(F)F)C1. The van der Waals surface area contributed by atoms with Crippen molar-refractivity contribution in [2.75, 3.05) is 26.2 Å². The fourth-order valence-electron chi connectivity index (χ4n) is 2.04. The van der Waals surface area contributed by atoms with Crippen LogP contribution in [0.25, 0.3) is 0 Å². The maximum atomic E-state index is 12.5. The first-order valence-corrected chi connectivity index (χ1v) is 7.54. The van der Waals surface area contributed by atoms with Gasteiger partial charge in [-0.15, -0.1) is 0 Å². The largest absolute Gasteiger partial charge is 0.418 e. The molecule has 0 aromatic heterocycles. The molecule has 1 aliphatic heterocycles.